The number of amides is 1. The Hall–Kier alpha value is -2.70. The fraction of sp³-hybridized carbons (Fsp3) is 0.312. The number of carbonyl (C=O) groups excluding carboxylic acids is 2. The third kappa shape index (κ3) is 4.15. The summed E-state index contributed by atoms with van der Waals surface area (Å²) in [5, 5.41) is 6.29. The zero-order chi connectivity index (χ0) is 17.0. The van der Waals surface area contributed by atoms with Crippen LogP contribution in [0.5, 0.6) is 0 Å². The topological polar surface area (TPSA) is 81.4 Å². The molecule has 1 aromatic heterocycles. The van der Waals surface area contributed by atoms with E-state index in [-0.39, 0.29) is 17.9 Å². The van der Waals surface area contributed by atoms with Crippen LogP contribution in [0.25, 0.3) is 0 Å². The molecule has 0 aliphatic rings. The molecule has 0 aliphatic heterocycles. The van der Waals surface area contributed by atoms with Crippen LogP contribution in [0.3, 0.4) is 0 Å². The minimum atomic E-state index is -0.975. The minimum Gasteiger partial charge on any atom is -0.449 e. The van der Waals surface area contributed by atoms with Crippen molar-refractivity contribution in [3.8, 4) is 0 Å². The molecule has 23 heavy (non-hydrogen) atoms. The number of aromatic nitrogens is 1. The number of rotatable bonds is 5. The summed E-state index contributed by atoms with van der Waals surface area (Å²) in [5.41, 5.74) is 1.37. The normalized spacial score (nSPS) is 11.8. The van der Waals surface area contributed by atoms with Crippen molar-refractivity contribution in [3.05, 3.63) is 52.7 Å². The average Bonchev–Trinajstić information content (AvgIpc) is 2.85. The number of hydrogen-bond acceptors (Lipinski definition) is 5. The van der Waals surface area contributed by atoms with E-state index in [0.29, 0.717) is 11.5 Å². The van der Waals surface area contributed by atoms with Gasteiger partial charge in [-0.3, -0.25) is 4.79 Å². The van der Waals surface area contributed by atoms with Gasteiger partial charge in [0.15, 0.2) is 6.10 Å². The molecule has 0 saturated carbocycles. The highest BCUT2D eigenvalue weighted by atomic mass is 19.1. The van der Waals surface area contributed by atoms with Crippen LogP contribution < -0.4 is 5.32 Å². The van der Waals surface area contributed by atoms with E-state index in [1.165, 1.54) is 19.1 Å². The molecular weight excluding hydrogens is 303 g/mol. The fourth-order valence-electron chi connectivity index (χ4n) is 1.98. The Labute approximate surface area is 132 Å². The molecule has 0 aliphatic carbocycles. The molecule has 1 amide bonds. The van der Waals surface area contributed by atoms with Gasteiger partial charge in [-0.05, 0) is 38.5 Å². The maximum Gasteiger partial charge on any atom is 0.344 e. The molecule has 1 N–H and O–H groups in total. The zero-order valence-electron chi connectivity index (χ0n) is 13.1. The van der Waals surface area contributed by atoms with E-state index in [1.54, 1.807) is 26.0 Å². The largest absolute Gasteiger partial charge is 0.449 e. The lowest BCUT2D eigenvalue weighted by atomic mass is 10.2. The monoisotopic (exact) mass is 320 g/mol. The van der Waals surface area contributed by atoms with E-state index < -0.39 is 18.0 Å². The molecule has 2 rings (SSSR count). The summed E-state index contributed by atoms with van der Waals surface area (Å²) >= 11 is 0. The van der Waals surface area contributed by atoms with E-state index in [0.717, 1.165) is 5.56 Å². The van der Waals surface area contributed by atoms with E-state index in [4.69, 9.17) is 9.26 Å². The lowest BCUT2D eigenvalue weighted by Crippen LogP contribution is -2.35. The molecule has 0 fully saturated rings. The van der Waals surface area contributed by atoms with Crippen molar-refractivity contribution in [3.63, 3.8) is 0 Å². The molecule has 0 radical (unpaired) electrons. The SMILES string of the molecule is Cc1noc(C)c1C(=O)O[C@@H](C)C(=O)NCc1ccc(F)cc1. The number of carbonyl (C=O) groups is 2. The predicted molar refractivity (Wildman–Crippen MR) is 79.1 cm³/mol. The van der Waals surface area contributed by atoms with Crippen LogP contribution in [-0.4, -0.2) is 23.1 Å². The van der Waals surface area contributed by atoms with Gasteiger partial charge in [0, 0.05) is 6.54 Å². The Kier molecular flexibility index (Phi) is 5.10. The summed E-state index contributed by atoms with van der Waals surface area (Å²) in [6, 6.07) is 5.75. The van der Waals surface area contributed by atoms with Crippen molar-refractivity contribution in [1.29, 1.82) is 0 Å². The molecule has 0 unspecified atom stereocenters. The van der Waals surface area contributed by atoms with Crippen LogP contribution in [0.1, 0.15) is 34.3 Å². The number of esters is 1. The Morgan fingerprint density at radius 2 is 1.96 bits per heavy atom. The number of aryl methyl sites for hydroxylation is 2. The second kappa shape index (κ2) is 7.04. The van der Waals surface area contributed by atoms with Gasteiger partial charge in [-0.2, -0.15) is 0 Å². The molecule has 0 saturated heterocycles. The summed E-state index contributed by atoms with van der Waals surface area (Å²) in [6.45, 7) is 4.89. The number of benzene rings is 1. The van der Waals surface area contributed by atoms with Crippen LogP contribution >= 0.6 is 0 Å². The van der Waals surface area contributed by atoms with E-state index in [1.807, 2.05) is 0 Å². The summed E-state index contributed by atoms with van der Waals surface area (Å²) < 4.78 is 22.8. The molecular formula is C16H17FN2O4. The van der Waals surface area contributed by atoms with E-state index >= 15 is 0 Å². The van der Waals surface area contributed by atoms with Crippen LogP contribution in [-0.2, 0) is 16.1 Å². The first-order chi connectivity index (χ1) is 10.9. The molecule has 1 aromatic carbocycles. The van der Waals surface area contributed by atoms with Crippen molar-refractivity contribution in [2.75, 3.05) is 0 Å². The third-order valence-corrected chi connectivity index (χ3v) is 3.27. The van der Waals surface area contributed by atoms with Gasteiger partial charge in [0.1, 0.15) is 17.1 Å². The lowest BCUT2D eigenvalue weighted by molar-refractivity contribution is -0.129. The Morgan fingerprint density at radius 1 is 1.30 bits per heavy atom. The summed E-state index contributed by atoms with van der Waals surface area (Å²) in [7, 11) is 0. The van der Waals surface area contributed by atoms with Gasteiger partial charge in [-0.15, -0.1) is 0 Å². The Bertz CT molecular complexity index is 690. The van der Waals surface area contributed by atoms with Gasteiger partial charge in [0.2, 0.25) is 0 Å². The first kappa shape index (κ1) is 16.7. The van der Waals surface area contributed by atoms with Gasteiger partial charge in [0.25, 0.3) is 5.91 Å². The predicted octanol–water partition coefficient (Wildman–Crippen LogP) is 2.29. The van der Waals surface area contributed by atoms with Crippen LogP contribution in [0.4, 0.5) is 4.39 Å². The maximum atomic E-state index is 12.8. The molecule has 0 spiro atoms. The molecule has 1 heterocycles. The van der Waals surface area contributed by atoms with Gasteiger partial charge in [0.05, 0.1) is 5.69 Å². The highest BCUT2D eigenvalue weighted by Crippen LogP contribution is 2.14. The number of halogens is 1. The van der Waals surface area contributed by atoms with Crippen molar-refractivity contribution >= 4 is 11.9 Å². The summed E-state index contributed by atoms with van der Waals surface area (Å²) in [6.07, 6.45) is -0.975. The van der Waals surface area contributed by atoms with Crippen LogP contribution in [0.15, 0.2) is 28.8 Å². The Balaban J connectivity index is 1.90. The second-order valence-corrected chi connectivity index (χ2v) is 5.09. The highest BCUT2D eigenvalue weighted by Gasteiger charge is 2.24. The smallest absolute Gasteiger partial charge is 0.344 e. The standard InChI is InChI=1S/C16H17FN2O4/c1-9-14(10(2)23-19-9)16(21)22-11(3)15(20)18-8-12-4-6-13(17)7-5-12/h4-7,11H,8H2,1-3H3,(H,18,20)/t11-/m0/s1. The number of nitrogens with zero attached hydrogens (tertiary/aromatic N) is 1. The van der Waals surface area contributed by atoms with Crippen molar-refractivity contribution in [2.24, 2.45) is 0 Å². The second-order valence-electron chi connectivity index (χ2n) is 5.09. The lowest BCUT2D eigenvalue weighted by Gasteiger charge is -2.13. The molecule has 1 atom stereocenters. The van der Waals surface area contributed by atoms with Crippen molar-refractivity contribution in [2.45, 2.75) is 33.4 Å². The van der Waals surface area contributed by atoms with Gasteiger partial charge >= 0.3 is 5.97 Å². The van der Waals surface area contributed by atoms with E-state index in [9.17, 15) is 14.0 Å². The fourth-order valence-corrected chi connectivity index (χ4v) is 1.98. The van der Waals surface area contributed by atoms with Gasteiger partial charge < -0.3 is 14.6 Å². The van der Waals surface area contributed by atoms with E-state index in [2.05, 4.69) is 10.5 Å². The molecule has 6 nitrogen and oxygen atoms in total. The highest BCUT2D eigenvalue weighted by molar-refractivity contribution is 5.93. The average molecular weight is 320 g/mol. The quantitative estimate of drug-likeness (QED) is 0.855. The molecule has 122 valence electrons. The van der Waals surface area contributed by atoms with Crippen LogP contribution in [0.2, 0.25) is 0 Å². The van der Waals surface area contributed by atoms with Crippen LogP contribution in [0, 0.1) is 19.7 Å². The number of ether oxygens (including phenoxy) is 1. The van der Waals surface area contributed by atoms with Crippen molar-refractivity contribution in [1.82, 2.24) is 10.5 Å². The number of hydrogen-bond donors (Lipinski definition) is 1. The summed E-state index contributed by atoms with van der Waals surface area (Å²) in [5.74, 6) is -1.12. The van der Waals surface area contributed by atoms with Gasteiger partial charge in [-0.25, -0.2) is 9.18 Å². The van der Waals surface area contributed by atoms with Crippen molar-refractivity contribution < 1.29 is 23.2 Å². The third-order valence-electron chi connectivity index (χ3n) is 3.27. The Morgan fingerprint density at radius 3 is 2.52 bits per heavy atom. The summed E-state index contributed by atoms with van der Waals surface area (Å²) in [4.78, 5) is 24.0. The molecule has 7 heteroatoms. The molecule has 0 bridgehead atoms. The first-order valence-electron chi connectivity index (χ1n) is 7.04. The molecule has 2 aromatic rings. The zero-order valence-corrected chi connectivity index (χ0v) is 13.1. The van der Waals surface area contributed by atoms with Gasteiger partial charge in [-0.1, -0.05) is 17.3 Å². The number of nitrogens with one attached hydrogen (secondary N) is 1. The minimum absolute atomic E-state index is 0.215. The maximum absolute atomic E-state index is 12.8. The first-order valence-corrected chi connectivity index (χ1v) is 7.04.